The van der Waals surface area contributed by atoms with Gasteiger partial charge in [0.05, 0.1) is 6.10 Å². The summed E-state index contributed by atoms with van der Waals surface area (Å²) in [7, 11) is 0. The lowest BCUT2D eigenvalue weighted by molar-refractivity contribution is -0.121. The SMILES string of the molecule is CCCC(=O)NC(C)CC(C)O. The number of aliphatic hydroxyl groups is 1. The van der Waals surface area contributed by atoms with Crippen LogP contribution in [0, 0.1) is 0 Å². The highest BCUT2D eigenvalue weighted by molar-refractivity contribution is 5.76. The average molecular weight is 173 g/mol. The third-order valence-corrected chi connectivity index (χ3v) is 1.58. The van der Waals surface area contributed by atoms with Crippen molar-refractivity contribution in [3.63, 3.8) is 0 Å². The van der Waals surface area contributed by atoms with E-state index in [0.29, 0.717) is 12.8 Å². The molecule has 2 unspecified atom stereocenters. The molecule has 0 aromatic heterocycles. The molecule has 1 amide bonds. The third-order valence-electron chi connectivity index (χ3n) is 1.58. The lowest BCUT2D eigenvalue weighted by atomic mass is 10.1. The van der Waals surface area contributed by atoms with Gasteiger partial charge in [-0.2, -0.15) is 0 Å². The molecule has 0 aliphatic heterocycles. The first-order chi connectivity index (χ1) is 5.56. The summed E-state index contributed by atoms with van der Waals surface area (Å²) in [5.41, 5.74) is 0. The van der Waals surface area contributed by atoms with E-state index in [-0.39, 0.29) is 18.1 Å². The molecule has 0 spiro atoms. The van der Waals surface area contributed by atoms with Crippen molar-refractivity contribution in [2.45, 2.75) is 52.2 Å². The molecule has 2 N–H and O–H groups in total. The Bertz CT molecular complexity index is 134. The van der Waals surface area contributed by atoms with E-state index in [1.54, 1.807) is 6.92 Å². The number of carbonyl (C=O) groups excluding carboxylic acids is 1. The Kier molecular flexibility index (Phi) is 5.72. The first kappa shape index (κ1) is 11.4. The lowest BCUT2D eigenvalue weighted by Crippen LogP contribution is -2.34. The summed E-state index contributed by atoms with van der Waals surface area (Å²) in [4.78, 5) is 11.0. The van der Waals surface area contributed by atoms with Crippen LogP contribution < -0.4 is 5.32 Å². The number of nitrogens with one attached hydrogen (secondary N) is 1. The predicted octanol–water partition coefficient (Wildman–Crippen LogP) is 1.06. The molecule has 0 rings (SSSR count). The summed E-state index contributed by atoms with van der Waals surface area (Å²) in [6.45, 7) is 5.60. The van der Waals surface area contributed by atoms with E-state index < -0.39 is 0 Å². The quantitative estimate of drug-likeness (QED) is 0.653. The first-order valence-electron chi connectivity index (χ1n) is 4.53. The predicted molar refractivity (Wildman–Crippen MR) is 48.8 cm³/mol. The number of amides is 1. The summed E-state index contributed by atoms with van der Waals surface area (Å²) >= 11 is 0. The van der Waals surface area contributed by atoms with E-state index in [9.17, 15) is 4.79 Å². The number of hydrogen-bond acceptors (Lipinski definition) is 2. The second-order valence-corrected chi connectivity index (χ2v) is 3.30. The monoisotopic (exact) mass is 173 g/mol. The van der Waals surface area contributed by atoms with Gasteiger partial charge in [-0.15, -0.1) is 0 Å². The molecule has 0 bridgehead atoms. The topological polar surface area (TPSA) is 49.3 Å². The van der Waals surface area contributed by atoms with Gasteiger partial charge in [-0.05, 0) is 26.7 Å². The summed E-state index contributed by atoms with van der Waals surface area (Å²) in [5, 5.41) is 11.8. The van der Waals surface area contributed by atoms with Crippen molar-refractivity contribution in [2.24, 2.45) is 0 Å². The first-order valence-corrected chi connectivity index (χ1v) is 4.53. The fourth-order valence-electron chi connectivity index (χ4n) is 1.14. The molecule has 2 atom stereocenters. The summed E-state index contributed by atoms with van der Waals surface area (Å²) in [5.74, 6) is 0.0747. The van der Waals surface area contributed by atoms with Crippen LogP contribution in [0.25, 0.3) is 0 Å². The molecule has 0 aromatic carbocycles. The molecule has 3 heteroatoms. The molecule has 72 valence electrons. The Morgan fingerprint density at radius 2 is 2.08 bits per heavy atom. The van der Waals surface area contributed by atoms with E-state index in [1.165, 1.54) is 0 Å². The molecule has 0 aliphatic carbocycles. The second-order valence-electron chi connectivity index (χ2n) is 3.30. The smallest absolute Gasteiger partial charge is 0.220 e. The van der Waals surface area contributed by atoms with Gasteiger partial charge in [-0.25, -0.2) is 0 Å². The number of rotatable bonds is 5. The van der Waals surface area contributed by atoms with Gasteiger partial charge < -0.3 is 10.4 Å². The van der Waals surface area contributed by atoms with Crippen LogP contribution in [0.15, 0.2) is 0 Å². The van der Waals surface area contributed by atoms with Crippen molar-refractivity contribution in [3.05, 3.63) is 0 Å². The third kappa shape index (κ3) is 6.16. The van der Waals surface area contributed by atoms with Crippen molar-refractivity contribution in [1.29, 1.82) is 0 Å². The molecule has 0 radical (unpaired) electrons. The highest BCUT2D eigenvalue weighted by atomic mass is 16.3. The maximum absolute atomic E-state index is 11.0. The molecule has 0 saturated heterocycles. The van der Waals surface area contributed by atoms with Crippen molar-refractivity contribution in [1.82, 2.24) is 5.32 Å². The van der Waals surface area contributed by atoms with Crippen LogP contribution in [0.5, 0.6) is 0 Å². The van der Waals surface area contributed by atoms with Crippen molar-refractivity contribution in [2.75, 3.05) is 0 Å². The van der Waals surface area contributed by atoms with Crippen LogP contribution in [0.3, 0.4) is 0 Å². The standard InChI is InChI=1S/C9H19NO2/c1-4-5-9(12)10-7(2)6-8(3)11/h7-8,11H,4-6H2,1-3H3,(H,10,12). The van der Waals surface area contributed by atoms with Gasteiger partial charge >= 0.3 is 0 Å². The highest BCUT2D eigenvalue weighted by Gasteiger charge is 2.08. The largest absolute Gasteiger partial charge is 0.393 e. The maximum Gasteiger partial charge on any atom is 0.220 e. The normalized spacial score (nSPS) is 15.3. The van der Waals surface area contributed by atoms with Gasteiger partial charge in [0.25, 0.3) is 0 Å². The lowest BCUT2D eigenvalue weighted by Gasteiger charge is -2.14. The van der Waals surface area contributed by atoms with E-state index in [2.05, 4.69) is 5.32 Å². The second kappa shape index (κ2) is 6.00. The molecule has 0 fully saturated rings. The molecule has 0 saturated carbocycles. The highest BCUT2D eigenvalue weighted by Crippen LogP contribution is 1.97. The molecule has 3 nitrogen and oxygen atoms in total. The van der Waals surface area contributed by atoms with E-state index >= 15 is 0 Å². The molecule has 0 aliphatic rings. The molecule has 0 aromatic rings. The van der Waals surface area contributed by atoms with Crippen molar-refractivity contribution in [3.8, 4) is 0 Å². The van der Waals surface area contributed by atoms with Gasteiger partial charge in [0.15, 0.2) is 0 Å². The molecule has 12 heavy (non-hydrogen) atoms. The summed E-state index contributed by atoms with van der Waals surface area (Å²) < 4.78 is 0. The van der Waals surface area contributed by atoms with Gasteiger partial charge in [0.1, 0.15) is 0 Å². The minimum absolute atomic E-state index is 0.0732. The Hall–Kier alpha value is -0.570. The van der Waals surface area contributed by atoms with E-state index in [4.69, 9.17) is 5.11 Å². The fraction of sp³-hybridized carbons (Fsp3) is 0.889. The van der Waals surface area contributed by atoms with Crippen LogP contribution in [0.4, 0.5) is 0 Å². The van der Waals surface area contributed by atoms with E-state index in [1.807, 2.05) is 13.8 Å². The summed E-state index contributed by atoms with van der Waals surface area (Å²) in [6, 6.07) is 0.0732. The van der Waals surface area contributed by atoms with Gasteiger partial charge in [0, 0.05) is 12.5 Å². The van der Waals surface area contributed by atoms with Crippen molar-refractivity contribution < 1.29 is 9.90 Å². The van der Waals surface area contributed by atoms with Crippen LogP contribution in [-0.4, -0.2) is 23.2 Å². The molecular formula is C9H19NO2. The minimum atomic E-state index is -0.345. The molecule has 0 heterocycles. The van der Waals surface area contributed by atoms with Crippen LogP contribution in [-0.2, 0) is 4.79 Å². The van der Waals surface area contributed by atoms with Crippen LogP contribution >= 0.6 is 0 Å². The zero-order valence-electron chi connectivity index (χ0n) is 8.13. The Morgan fingerprint density at radius 1 is 1.50 bits per heavy atom. The number of hydrogen-bond donors (Lipinski definition) is 2. The average Bonchev–Trinajstić information content (AvgIpc) is 1.84. The zero-order chi connectivity index (χ0) is 9.56. The van der Waals surface area contributed by atoms with Crippen LogP contribution in [0.1, 0.15) is 40.0 Å². The number of aliphatic hydroxyl groups excluding tert-OH is 1. The van der Waals surface area contributed by atoms with E-state index in [0.717, 1.165) is 6.42 Å². The maximum atomic E-state index is 11.0. The minimum Gasteiger partial charge on any atom is -0.393 e. The van der Waals surface area contributed by atoms with Gasteiger partial charge in [-0.3, -0.25) is 4.79 Å². The van der Waals surface area contributed by atoms with Gasteiger partial charge in [-0.1, -0.05) is 6.92 Å². The Labute approximate surface area is 74.2 Å². The van der Waals surface area contributed by atoms with Crippen LogP contribution in [0.2, 0.25) is 0 Å². The fourth-order valence-corrected chi connectivity index (χ4v) is 1.14. The molecular weight excluding hydrogens is 154 g/mol. The Balaban J connectivity index is 3.54. The Morgan fingerprint density at radius 3 is 2.50 bits per heavy atom. The zero-order valence-corrected chi connectivity index (χ0v) is 8.13. The van der Waals surface area contributed by atoms with Gasteiger partial charge in [0.2, 0.25) is 5.91 Å². The summed E-state index contributed by atoms with van der Waals surface area (Å²) in [6.07, 6.45) is 1.72. The number of carbonyl (C=O) groups is 1. The van der Waals surface area contributed by atoms with Crippen molar-refractivity contribution >= 4 is 5.91 Å².